The highest BCUT2D eigenvalue weighted by atomic mass is 35.5. The number of nitrogens with zero attached hydrogens (tertiary/aromatic N) is 2. The smallest absolute Gasteiger partial charge is 0.266 e. The molecule has 1 aromatic heterocycles. The molecule has 33 heavy (non-hydrogen) atoms. The lowest BCUT2D eigenvalue weighted by atomic mass is 10.1. The zero-order chi connectivity index (χ0) is 23.7. The predicted molar refractivity (Wildman–Crippen MR) is 137 cm³/mol. The average molecular weight is 498 g/mol. The van der Waals surface area contributed by atoms with Gasteiger partial charge in [0.2, 0.25) is 5.91 Å². The van der Waals surface area contributed by atoms with Crippen LogP contribution in [0.2, 0.25) is 10.0 Å². The van der Waals surface area contributed by atoms with Crippen molar-refractivity contribution >= 4 is 57.5 Å². The number of aryl methyl sites for hydroxylation is 2. The van der Waals surface area contributed by atoms with E-state index in [1.54, 1.807) is 41.8 Å². The third-order valence-electron chi connectivity index (χ3n) is 5.36. The molecule has 8 heteroatoms. The van der Waals surface area contributed by atoms with Gasteiger partial charge in [-0.05, 0) is 68.3 Å². The van der Waals surface area contributed by atoms with Crippen LogP contribution in [0.4, 0.5) is 5.69 Å². The van der Waals surface area contributed by atoms with E-state index in [1.165, 1.54) is 11.8 Å². The minimum Gasteiger partial charge on any atom is -0.323 e. The molecular formula is C25H21Cl2N3O2S. The Kier molecular flexibility index (Phi) is 6.79. The Morgan fingerprint density at radius 3 is 2.39 bits per heavy atom. The number of carbonyl (C=O) groups excluding carboxylic acids is 1. The predicted octanol–water partition coefficient (Wildman–Crippen LogP) is 6.43. The molecule has 1 N–H and O–H groups in total. The van der Waals surface area contributed by atoms with Crippen molar-refractivity contribution in [3.8, 4) is 5.69 Å². The van der Waals surface area contributed by atoms with Crippen molar-refractivity contribution in [2.75, 3.05) is 5.32 Å². The zero-order valence-electron chi connectivity index (χ0n) is 18.2. The molecule has 0 bridgehead atoms. The molecule has 0 aliphatic heterocycles. The fourth-order valence-corrected chi connectivity index (χ4v) is 4.76. The normalized spacial score (nSPS) is 12.0. The fourth-order valence-electron chi connectivity index (χ4n) is 3.34. The molecule has 5 nitrogen and oxygen atoms in total. The summed E-state index contributed by atoms with van der Waals surface area (Å²) in [6.45, 7) is 5.76. The van der Waals surface area contributed by atoms with E-state index in [2.05, 4.69) is 5.32 Å². The quantitative estimate of drug-likeness (QED) is 0.255. The SMILES string of the molecule is Cc1ccc(-n2c(SC(C)C(=O)Nc3c(Cl)cccc3Cl)nc3ccccc3c2=O)cc1C. The van der Waals surface area contributed by atoms with Crippen LogP contribution in [0.15, 0.2) is 70.6 Å². The maximum Gasteiger partial charge on any atom is 0.266 e. The number of fused-ring (bicyclic) bond motifs is 1. The molecule has 4 rings (SSSR count). The molecule has 168 valence electrons. The van der Waals surface area contributed by atoms with Crippen LogP contribution in [0, 0.1) is 13.8 Å². The molecule has 0 radical (unpaired) electrons. The number of nitrogens with one attached hydrogen (secondary N) is 1. The Morgan fingerprint density at radius 1 is 1.00 bits per heavy atom. The summed E-state index contributed by atoms with van der Waals surface area (Å²) in [7, 11) is 0. The van der Waals surface area contributed by atoms with Gasteiger partial charge in [-0.25, -0.2) is 4.98 Å². The molecular weight excluding hydrogens is 477 g/mol. The maximum absolute atomic E-state index is 13.5. The van der Waals surface area contributed by atoms with Gasteiger partial charge < -0.3 is 5.32 Å². The second-order valence-electron chi connectivity index (χ2n) is 7.67. The summed E-state index contributed by atoms with van der Waals surface area (Å²) in [4.78, 5) is 31.1. The summed E-state index contributed by atoms with van der Waals surface area (Å²) in [6.07, 6.45) is 0. The second kappa shape index (κ2) is 9.59. The number of aromatic nitrogens is 2. The summed E-state index contributed by atoms with van der Waals surface area (Å²) in [5.41, 5.74) is 3.63. The second-order valence-corrected chi connectivity index (χ2v) is 9.79. The van der Waals surface area contributed by atoms with Crippen LogP contribution in [-0.2, 0) is 4.79 Å². The van der Waals surface area contributed by atoms with E-state index in [-0.39, 0.29) is 11.5 Å². The summed E-state index contributed by atoms with van der Waals surface area (Å²) >= 11 is 13.6. The molecule has 3 aromatic carbocycles. The molecule has 4 aromatic rings. The van der Waals surface area contributed by atoms with Crippen LogP contribution < -0.4 is 10.9 Å². The Bertz CT molecular complexity index is 1420. The number of halogens is 2. The largest absolute Gasteiger partial charge is 0.323 e. The Morgan fingerprint density at radius 2 is 1.70 bits per heavy atom. The van der Waals surface area contributed by atoms with Gasteiger partial charge in [-0.2, -0.15) is 0 Å². The monoisotopic (exact) mass is 497 g/mol. The highest BCUT2D eigenvalue weighted by molar-refractivity contribution is 8.00. The van der Waals surface area contributed by atoms with E-state index in [9.17, 15) is 9.59 Å². The van der Waals surface area contributed by atoms with Gasteiger partial charge in [0.15, 0.2) is 5.16 Å². The van der Waals surface area contributed by atoms with Crippen molar-refractivity contribution in [2.24, 2.45) is 0 Å². The third-order valence-corrected chi connectivity index (χ3v) is 7.04. The lowest BCUT2D eigenvalue weighted by molar-refractivity contribution is -0.115. The Labute approximate surface area is 205 Å². The first kappa shape index (κ1) is 23.4. The molecule has 1 unspecified atom stereocenters. The van der Waals surface area contributed by atoms with E-state index in [0.29, 0.717) is 37.5 Å². The highest BCUT2D eigenvalue weighted by Crippen LogP contribution is 2.32. The number of thioether (sulfide) groups is 1. The van der Waals surface area contributed by atoms with E-state index in [4.69, 9.17) is 28.2 Å². The molecule has 0 spiro atoms. The molecule has 0 saturated carbocycles. The highest BCUT2D eigenvalue weighted by Gasteiger charge is 2.22. The van der Waals surface area contributed by atoms with Gasteiger partial charge in [0, 0.05) is 0 Å². The third kappa shape index (κ3) is 4.78. The number of anilines is 1. The number of benzene rings is 3. The van der Waals surface area contributed by atoms with Gasteiger partial charge in [-0.1, -0.05) is 59.2 Å². The summed E-state index contributed by atoms with van der Waals surface area (Å²) in [5, 5.41) is 3.85. The van der Waals surface area contributed by atoms with Gasteiger partial charge in [-0.15, -0.1) is 0 Å². The van der Waals surface area contributed by atoms with Crippen LogP contribution in [0.25, 0.3) is 16.6 Å². The Balaban J connectivity index is 1.75. The van der Waals surface area contributed by atoms with E-state index in [1.807, 2.05) is 44.2 Å². The minimum atomic E-state index is -0.580. The number of amides is 1. The fraction of sp³-hybridized carbons (Fsp3) is 0.160. The first-order valence-electron chi connectivity index (χ1n) is 10.3. The molecule has 1 amide bonds. The first-order chi connectivity index (χ1) is 15.8. The number of rotatable bonds is 5. The summed E-state index contributed by atoms with van der Waals surface area (Å²) in [5.74, 6) is -0.302. The van der Waals surface area contributed by atoms with Gasteiger partial charge in [0.05, 0.1) is 37.6 Å². The van der Waals surface area contributed by atoms with Crippen LogP contribution >= 0.6 is 35.0 Å². The van der Waals surface area contributed by atoms with Crippen molar-refractivity contribution in [3.63, 3.8) is 0 Å². The minimum absolute atomic E-state index is 0.187. The van der Waals surface area contributed by atoms with E-state index >= 15 is 0 Å². The first-order valence-corrected chi connectivity index (χ1v) is 11.9. The van der Waals surface area contributed by atoms with E-state index in [0.717, 1.165) is 11.1 Å². The van der Waals surface area contributed by atoms with Crippen LogP contribution in [0.3, 0.4) is 0 Å². The van der Waals surface area contributed by atoms with Crippen molar-refractivity contribution in [1.29, 1.82) is 0 Å². The summed E-state index contributed by atoms with van der Waals surface area (Å²) < 4.78 is 1.56. The average Bonchev–Trinajstić information content (AvgIpc) is 2.78. The topological polar surface area (TPSA) is 64.0 Å². The van der Waals surface area contributed by atoms with Crippen LogP contribution in [0.5, 0.6) is 0 Å². The van der Waals surface area contributed by atoms with Crippen molar-refractivity contribution in [2.45, 2.75) is 31.2 Å². The summed E-state index contributed by atoms with van der Waals surface area (Å²) in [6, 6.07) is 18.0. The molecule has 0 aliphatic rings. The van der Waals surface area contributed by atoms with E-state index < -0.39 is 5.25 Å². The molecule has 0 fully saturated rings. The van der Waals surface area contributed by atoms with Crippen LogP contribution in [-0.4, -0.2) is 20.7 Å². The lowest BCUT2D eigenvalue weighted by Gasteiger charge is -2.17. The van der Waals surface area contributed by atoms with Gasteiger partial charge >= 0.3 is 0 Å². The number of hydrogen-bond acceptors (Lipinski definition) is 4. The number of carbonyl (C=O) groups is 1. The number of hydrogen-bond donors (Lipinski definition) is 1. The van der Waals surface area contributed by atoms with Crippen molar-refractivity contribution in [3.05, 3.63) is 92.2 Å². The van der Waals surface area contributed by atoms with Gasteiger partial charge in [-0.3, -0.25) is 14.2 Å². The van der Waals surface area contributed by atoms with Crippen molar-refractivity contribution < 1.29 is 4.79 Å². The molecule has 0 saturated heterocycles. The lowest BCUT2D eigenvalue weighted by Crippen LogP contribution is -2.26. The van der Waals surface area contributed by atoms with Crippen molar-refractivity contribution in [1.82, 2.24) is 9.55 Å². The molecule has 0 aliphatic carbocycles. The maximum atomic E-state index is 13.5. The molecule has 1 heterocycles. The van der Waals surface area contributed by atoms with Gasteiger partial charge in [0.1, 0.15) is 0 Å². The zero-order valence-corrected chi connectivity index (χ0v) is 20.6. The Hall–Kier alpha value is -2.80. The van der Waals surface area contributed by atoms with Gasteiger partial charge in [0.25, 0.3) is 5.56 Å². The standard InChI is InChI=1S/C25H21Cl2N3O2S/c1-14-11-12-17(13-15(14)2)30-24(32)18-7-4-5-10-21(18)28-25(30)33-16(3)23(31)29-22-19(26)8-6-9-20(22)27/h4-13,16H,1-3H3,(H,29,31). The molecule has 1 atom stereocenters. The number of para-hydroxylation sites is 2. The van der Waals surface area contributed by atoms with Crippen LogP contribution in [0.1, 0.15) is 18.1 Å².